The molecule has 0 spiro atoms. The van der Waals surface area contributed by atoms with Crippen molar-refractivity contribution in [2.24, 2.45) is 0 Å². The van der Waals surface area contributed by atoms with Crippen molar-refractivity contribution in [3.05, 3.63) is 59.9 Å². The molecule has 1 atom stereocenters. The third kappa shape index (κ3) is 2.49. The van der Waals surface area contributed by atoms with E-state index >= 15 is 0 Å². The molecule has 0 aliphatic carbocycles. The van der Waals surface area contributed by atoms with Crippen LogP contribution in [-0.4, -0.2) is 19.1 Å². The third-order valence-electron chi connectivity index (χ3n) is 2.86. The smallest absolute Gasteiger partial charge is 0.113 e. The van der Waals surface area contributed by atoms with Gasteiger partial charge in [-0.15, -0.1) is 0 Å². The lowest BCUT2D eigenvalue weighted by molar-refractivity contribution is 0.964. The molecular weight excluding hydrogens is 222 g/mol. The topological polar surface area (TPSA) is 39.9 Å². The first kappa shape index (κ1) is 12.1. The van der Waals surface area contributed by atoms with Crippen LogP contribution in [0.4, 0.5) is 5.69 Å². The molecule has 0 aliphatic heterocycles. The first-order valence-electron chi connectivity index (χ1n) is 5.80. The van der Waals surface area contributed by atoms with Gasteiger partial charge in [-0.2, -0.15) is 5.26 Å². The number of benzene rings is 1. The highest BCUT2D eigenvalue weighted by atomic mass is 15.1. The van der Waals surface area contributed by atoms with E-state index in [4.69, 9.17) is 0 Å². The summed E-state index contributed by atoms with van der Waals surface area (Å²) in [7, 11) is 3.99. The van der Waals surface area contributed by atoms with Crippen molar-refractivity contribution < 1.29 is 0 Å². The molecule has 1 aromatic heterocycles. The van der Waals surface area contributed by atoms with Gasteiger partial charge >= 0.3 is 0 Å². The Bertz CT molecular complexity index is 538. The molecule has 18 heavy (non-hydrogen) atoms. The molecule has 0 N–H and O–H groups in total. The van der Waals surface area contributed by atoms with Crippen LogP contribution in [0.5, 0.6) is 0 Å². The molecule has 2 aromatic rings. The Balaban J connectivity index is 2.32. The van der Waals surface area contributed by atoms with Crippen molar-refractivity contribution in [2.75, 3.05) is 19.0 Å². The lowest BCUT2D eigenvalue weighted by atomic mass is 9.96. The summed E-state index contributed by atoms with van der Waals surface area (Å²) < 4.78 is 0. The van der Waals surface area contributed by atoms with Crippen LogP contribution < -0.4 is 4.90 Å². The fourth-order valence-corrected chi connectivity index (χ4v) is 1.82. The van der Waals surface area contributed by atoms with Gasteiger partial charge in [0.15, 0.2) is 0 Å². The minimum Gasteiger partial charge on any atom is -0.378 e. The molecule has 1 heterocycles. The van der Waals surface area contributed by atoms with E-state index in [0.717, 1.165) is 16.9 Å². The second-order valence-corrected chi connectivity index (χ2v) is 4.30. The second-order valence-electron chi connectivity index (χ2n) is 4.30. The molecule has 0 bridgehead atoms. The average molecular weight is 237 g/mol. The van der Waals surface area contributed by atoms with Gasteiger partial charge < -0.3 is 4.90 Å². The summed E-state index contributed by atoms with van der Waals surface area (Å²) >= 11 is 0. The first-order chi connectivity index (χ1) is 8.72. The maximum absolute atomic E-state index is 9.31. The predicted molar refractivity (Wildman–Crippen MR) is 72.5 cm³/mol. The summed E-state index contributed by atoms with van der Waals surface area (Å²) in [5.74, 6) is -0.303. The van der Waals surface area contributed by atoms with E-state index in [1.165, 1.54) is 0 Å². The highest BCUT2D eigenvalue weighted by Crippen LogP contribution is 2.24. The van der Waals surface area contributed by atoms with Crippen molar-refractivity contribution in [3.63, 3.8) is 0 Å². The van der Waals surface area contributed by atoms with Crippen LogP contribution in [0.15, 0.2) is 48.7 Å². The quantitative estimate of drug-likeness (QED) is 0.824. The highest BCUT2D eigenvalue weighted by molar-refractivity contribution is 5.48. The lowest BCUT2D eigenvalue weighted by Crippen LogP contribution is -2.08. The zero-order valence-corrected chi connectivity index (χ0v) is 10.5. The van der Waals surface area contributed by atoms with Crippen LogP contribution in [0.25, 0.3) is 0 Å². The van der Waals surface area contributed by atoms with Crippen molar-refractivity contribution >= 4 is 5.69 Å². The van der Waals surface area contributed by atoms with Gasteiger partial charge in [0.2, 0.25) is 0 Å². The Morgan fingerprint density at radius 1 is 1.11 bits per heavy atom. The number of anilines is 1. The summed E-state index contributed by atoms with van der Waals surface area (Å²) in [5.41, 5.74) is 2.89. The number of rotatable bonds is 3. The molecule has 90 valence electrons. The van der Waals surface area contributed by atoms with Gasteiger partial charge in [-0.3, -0.25) is 4.98 Å². The van der Waals surface area contributed by atoms with E-state index in [9.17, 15) is 5.26 Å². The van der Waals surface area contributed by atoms with E-state index in [1.807, 2.05) is 61.5 Å². The zero-order valence-electron chi connectivity index (χ0n) is 10.5. The zero-order chi connectivity index (χ0) is 13.0. The van der Waals surface area contributed by atoms with Crippen molar-refractivity contribution in [1.29, 1.82) is 5.26 Å². The van der Waals surface area contributed by atoms with E-state index in [2.05, 4.69) is 11.1 Å². The molecule has 0 saturated heterocycles. The second kappa shape index (κ2) is 5.33. The fraction of sp³-hybridized carbons (Fsp3) is 0.200. The maximum Gasteiger partial charge on any atom is 0.113 e. The molecule has 2 rings (SSSR count). The van der Waals surface area contributed by atoms with E-state index in [-0.39, 0.29) is 5.92 Å². The Labute approximate surface area is 107 Å². The molecule has 0 saturated carbocycles. The standard InChI is InChI=1S/C15H15N3/c1-18(2)13-8-6-12(7-9-13)14(11-16)15-5-3-4-10-17-15/h3-10,14H,1-2H3. The minimum atomic E-state index is -0.303. The van der Waals surface area contributed by atoms with E-state index < -0.39 is 0 Å². The van der Waals surface area contributed by atoms with Gasteiger partial charge in [-0.1, -0.05) is 18.2 Å². The van der Waals surface area contributed by atoms with Gasteiger partial charge in [-0.05, 0) is 29.8 Å². The molecular formula is C15H15N3. The monoisotopic (exact) mass is 237 g/mol. The number of nitriles is 1. The highest BCUT2D eigenvalue weighted by Gasteiger charge is 2.14. The van der Waals surface area contributed by atoms with Crippen molar-refractivity contribution in [1.82, 2.24) is 4.98 Å². The molecule has 0 aliphatic rings. The van der Waals surface area contributed by atoms with Crippen LogP contribution in [-0.2, 0) is 0 Å². The number of nitrogens with zero attached hydrogens (tertiary/aromatic N) is 3. The number of hydrogen-bond donors (Lipinski definition) is 0. The molecule has 3 heteroatoms. The fourth-order valence-electron chi connectivity index (χ4n) is 1.82. The summed E-state index contributed by atoms with van der Waals surface area (Å²) in [6.07, 6.45) is 1.72. The van der Waals surface area contributed by atoms with E-state index in [0.29, 0.717) is 0 Å². The Hall–Kier alpha value is -2.34. The summed E-state index contributed by atoms with van der Waals surface area (Å²) in [5, 5.41) is 9.31. The minimum absolute atomic E-state index is 0.303. The van der Waals surface area contributed by atoms with Crippen LogP contribution in [0.1, 0.15) is 17.2 Å². The van der Waals surface area contributed by atoms with Gasteiger partial charge in [0.05, 0.1) is 11.8 Å². The number of hydrogen-bond acceptors (Lipinski definition) is 3. The Morgan fingerprint density at radius 2 is 1.83 bits per heavy atom. The van der Waals surface area contributed by atoms with Crippen LogP contribution in [0.2, 0.25) is 0 Å². The SMILES string of the molecule is CN(C)c1ccc(C(C#N)c2ccccn2)cc1. The van der Waals surface area contributed by atoms with E-state index in [1.54, 1.807) is 6.20 Å². The van der Waals surface area contributed by atoms with Crippen LogP contribution in [0.3, 0.4) is 0 Å². The molecule has 3 nitrogen and oxygen atoms in total. The van der Waals surface area contributed by atoms with Crippen molar-refractivity contribution in [3.8, 4) is 6.07 Å². The largest absolute Gasteiger partial charge is 0.378 e. The molecule has 0 fully saturated rings. The first-order valence-corrected chi connectivity index (χ1v) is 5.80. The van der Waals surface area contributed by atoms with Gasteiger partial charge in [-0.25, -0.2) is 0 Å². The summed E-state index contributed by atoms with van der Waals surface area (Å²) in [6, 6.07) is 15.9. The number of pyridine rings is 1. The normalized spacial score (nSPS) is 11.6. The van der Waals surface area contributed by atoms with Crippen LogP contribution >= 0.6 is 0 Å². The van der Waals surface area contributed by atoms with Gasteiger partial charge in [0.1, 0.15) is 5.92 Å². The predicted octanol–water partition coefficient (Wildman–Crippen LogP) is 2.80. The molecule has 1 unspecified atom stereocenters. The molecule has 0 amide bonds. The maximum atomic E-state index is 9.31. The van der Waals surface area contributed by atoms with Gasteiger partial charge in [0.25, 0.3) is 0 Å². The lowest BCUT2D eigenvalue weighted by Gasteiger charge is -2.14. The summed E-state index contributed by atoms with van der Waals surface area (Å²) in [6.45, 7) is 0. The molecule has 0 radical (unpaired) electrons. The Morgan fingerprint density at radius 3 is 2.33 bits per heavy atom. The third-order valence-corrected chi connectivity index (χ3v) is 2.86. The molecule has 1 aromatic carbocycles. The van der Waals surface area contributed by atoms with Gasteiger partial charge in [0, 0.05) is 26.0 Å². The summed E-state index contributed by atoms with van der Waals surface area (Å²) in [4.78, 5) is 6.28. The number of aromatic nitrogens is 1. The van der Waals surface area contributed by atoms with Crippen LogP contribution in [0, 0.1) is 11.3 Å². The van der Waals surface area contributed by atoms with Crippen molar-refractivity contribution in [2.45, 2.75) is 5.92 Å². The average Bonchev–Trinajstić information content (AvgIpc) is 2.41. The Kier molecular flexibility index (Phi) is 3.59.